The van der Waals surface area contributed by atoms with Gasteiger partial charge in [-0.2, -0.15) is 0 Å². The third kappa shape index (κ3) is 2.51. The molecule has 1 saturated heterocycles. The fraction of sp³-hybridized carbons (Fsp3) is 0.500. The largest absolute Gasteiger partial charge is 0.465 e. The lowest BCUT2D eigenvalue weighted by Crippen LogP contribution is -2.36. The summed E-state index contributed by atoms with van der Waals surface area (Å²) >= 11 is 0. The van der Waals surface area contributed by atoms with Gasteiger partial charge in [0.25, 0.3) is 0 Å². The first-order valence-electron chi connectivity index (χ1n) is 6.43. The highest BCUT2D eigenvalue weighted by atomic mass is 16.5. The maximum absolute atomic E-state index is 11.9. The van der Waals surface area contributed by atoms with E-state index in [2.05, 4.69) is 11.8 Å². The van der Waals surface area contributed by atoms with Crippen LogP contribution in [0.3, 0.4) is 0 Å². The standard InChI is InChI=1S/C14H20N2O3/c1-9-5-6-16(13(9)8-17)12-4-3-10(15)7-11(12)14(18)19-2/h3-4,7,9,13,17H,5-6,8,15H2,1-2H3. The molecule has 0 aliphatic carbocycles. The molecule has 0 saturated carbocycles. The zero-order valence-electron chi connectivity index (χ0n) is 11.3. The van der Waals surface area contributed by atoms with Crippen LogP contribution in [-0.2, 0) is 4.74 Å². The lowest BCUT2D eigenvalue weighted by atomic mass is 10.0. The molecule has 1 aromatic rings. The predicted molar refractivity (Wildman–Crippen MR) is 74.2 cm³/mol. The van der Waals surface area contributed by atoms with Gasteiger partial charge < -0.3 is 20.5 Å². The number of rotatable bonds is 3. The van der Waals surface area contributed by atoms with Crippen LogP contribution in [0, 0.1) is 5.92 Å². The average Bonchev–Trinajstić information content (AvgIpc) is 2.78. The molecular weight excluding hydrogens is 244 g/mol. The van der Waals surface area contributed by atoms with Crippen molar-refractivity contribution >= 4 is 17.3 Å². The summed E-state index contributed by atoms with van der Waals surface area (Å²) in [7, 11) is 1.35. The molecule has 5 heteroatoms. The van der Waals surface area contributed by atoms with E-state index in [0.29, 0.717) is 17.2 Å². The number of hydrogen-bond acceptors (Lipinski definition) is 5. The van der Waals surface area contributed by atoms with Crippen molar-refractivity contribution in [3.63, 3.8) is 0 Å². The average molecular weight is 264 g/mol. The lowest BCUT2D eigenvalue weighted by molar-refractivity contribution is 0.0601. The number of nitrogens with two attached hydrogens (primary N) is 1. The van der Waals surface area contributed by atoms with Crippen molar-refractivity contribution in [2.45, 2.75) is 19.4 Å². The molecule has 0 spiro atoms. The molecule has 2 rings (SSSR count). The summed E-state index contributed by atoms with van der Waals surface area (Å²) in [5, 5.41) is 9.53. The van der Waals surface area contributed by atoms with Crippen LogP contribution in [0.5, 0.6) is 0 Å². The van der Waals surface area contributed by atoms with Crippen LogP contribution < -0.4 is 10.6 Å². The van der Waals surface area contributed by atoms with E-state index in [1.54, 1.807) is 12.1 Å². The molecule has 2 atom stereocenters. The second kappa shape index (κ2) is 5.48. The number of carbonyl (C=O) groups excluding carboxylic acids is 1. The van der Waals surface area contributed by atoms with Crippen molar-refractivity contribution in [3.8, 4) is 0 Å². The molecule has 0 amide bonds. The summed E-state index contributed by atoms with van der Waals surface area (Å²) in [6, 6.07) is 5.24. The Morgan fingerprint density at radius 2 is 2.32 bits per heavy atom. The molecule has 1 heterocycles. The van der Waals surface area contributed by atoms with E-state index in [1.165, 1.54) is 7.11 Å². The minimum atomic E-state index is -0.404. The molecular formula is C14H20N2O3. The first-order chi connectivity index (χ1) is 9.08. The van der Waals surface area contributed by atoms with Crippen molar-refractivity contribution in [2.24, 2.45) is 5.92 Å². The summed E-state index contributed by atoms with van der Waals surface area (Å²) in [6.45, 7) is 3.00. The second-order valence-corrected chi connectivity index (χ2v) is 4.98. The SMILES string of the molecule is COC(=O)c1cc(N)ccc1N1CCC(C)C1CO. The van der Waals surface area contributed by atoms with E-state index in [-0.39, 0.29) is 12.6 Å². The fourth-order valence-electron chi connectivity index (χ4n) is 2.66. The molecule has 19 heavy (non-hydrogen) atoms. The van der Waals surface area contributed by atoms with E-state index in [1.807, 2.05) is 6.07 Å². The highest BCUT2D eigenvalue weighted by Gasteiger charge is 2.32. The van der Waals surface area contributed by atoms with Crippen LogP contribution in [0.15, 0.2) is 18.2 Å². The number of aliphatic hydroxyl groups excluding tert-OH is 1. The van der Waals surface area contributed by atoms with Gasteiger partial charge in [0.15, 0.2) is 0 Å². The first-order valence-corrected chi connectivity index (χ1v) is 6.43. The van der Waals surface area contributed by atoms with Crippen LogP contribution in [0.1, 0.15) is 23.7 Å². The molecule has 1 aliphatic rings. The Morgan fingerprint density at radius 3 is 2.95 bits per heavy atom. The molecule has 2 unspecified atom stereocenters. The van der Waals surface area contributed by atoms with E-state index in [4.69, 9.17) is 10.5 Å². The maximum Gasteiger partial charge on any atom is 0.340 e. The van der Waals surface area contributed by atoms with Crippen molar-refractivity contribution in [2.75, 3.05) is 30.9 Å². The molecule has 0 bridgehead atoms. The third-order valence-corrected chi connectivity index (χ3v) is 3.80. The first kappa shape index (κ1) is 13.7. The molecule has 0 aromatic heterocycles. The topological polar surface area (TPSA) is 75.8 Å². The smallest absolute Gasteiger partial charge is 0.340 e. The summed E-state index contributed by atoms with van der Waals surface area (Å²) < 4.78 is 4.80. The number of carbonyl (C=O) groups is 1. The molecule has 3 N–H and O–H groups in total. The van der Waals surface area contributed by atoms with Crippen LogP contribution in [0.2, 0.25) is 0 Å². The number of nitrogen functional groups attached to an aromatic ring is 1. The number of anilines is 2. The van der Waals surface area contributed by atoms with Gasteiger partial charge in [-0.3, -0.25) is 0 Å². The number of hydrogen-bond donors (Lipinski definition) is 2. The number of benzene rings is 1. The van der Waals surface area contributed by atoms with Gasteiger partial charge in [0.1, 0.15) is 0 Å². The van der Waals surface area contributed by atoms with Gasteiger partial charge >= 0.3 is 5.97 Å². The molecule has 1 aromatic carbocycles. The number of nitrogens with zero attached hydrogens (tertiary/aromatic N) is 1. The van der Waals surface area contributed by atoms with Gasteiger partial charge in [-0.1, -0.05) is 6.92 Å². The summed E-state index contributed by atoms with van der Waals surface area (Å²) in [5.41, 5.74) is 7.50. The molecule has 5 nitrogen and oxygen atoms in total. The van der Waals surface area contributed by atoms with Crippen molar-refractivity contribution in [1.29, 1.82) is 0 Å². The normalized spacial score (nSPS) is 22.6. The minimum absolute atomic E-state index is 0.0343. The number of aliphatic hydroxyl groups is 1. The van der Waals surface area contributed by atoms with Gasteiger partial charge in [-0.25, -0.2) is 4.79 Å². The minimum Gasteiger partial charge on any atom is -0.465 e. The second-order valence-electron chi connectivity index (χ2n) is 4.98. The Kier molecular flexibility index (Phi) is 3.95. The number of ether oxygens (including phenoxy) is 1. The fourth-order valence-corrected chi connectivity index (χ4v) is 2.66. The lowest BCUT2D eigenvalue weighted by Gasteiger charge is -2.28. The van der Waals surface area contributed by atoms with E-state index in [0.717, 1.165) is 18.7 Å². The van der Waals surface area contributed by atoms with E-state index < -0.39 is 5.97 Å². The molecule has 1 fully saturated rings. The number of methoxy groups -OCH3 is 1. The van der Waals surface area contributed by atoms with Crippen LogP contribution in [0.25, 0.3) is 0 Å². The summed E-state index contributed by atoms with van der Waals surface area (Å²) in [5.74, 6) is -0.00778. The van der Waals surface area contributed by atoms with Crippen LogP contribution in [-0.4, -0.2) is 37.4 Å². The molecule has 104 valence electrons. The maximum atomic E-state index is 11.9. The monoisotopic (exact) mass is 264 g/mol. The van der Waals surface area contributed by atoms with E-state index in [9.17, 15) is 9.90 Å². The Labute approximate surface area is 113 Å². The van der Waals surface area contributed by atoms with Gasteiger partial charge in [0.2, 0.25) is 0 Å². The van der Waals surface area contributed by atoms with Crippen LogP contribution >= 0.6 is 0 Å². The third-order valence-electron chi connectivity index (χ3n) is 3.80. The highest BCUT2D eigenvalue weighted by molar-refractivity contribution is 5.97. The zero-order chi connectivity index (χ0) is 14.0. The zero-order valence-corrected chi connectivity index (χ0v) is 11.3. The predicted octanol–water partition coefficient (Wildman–Crippen LogP) is 1.26. The highest BCUT2D eigenvalue weighted by Crippen LogP contribution is 2.33. The molecule has 1 aliphatic heterocycles. The Bertz CT molecular complexity index is 476. The van der Waals surface area contributed by atoms with Crippen molar-refractivity contribution < 1.29 is 14.6 Å². The summed E-state index contributed by atoms with van der Waals surface area (Å²) in [4.78, 5) is 13.9. The van der Waals surface area contributed by atoms with Crippen LogP contribution in [0.4, 0.5) is 11.4 Å². The Balaban J connectivity index is 2.41. The quantitative estimate of drug-likeness (QED) is 0.635. The Hall–Kier alpha value is -1.75. The molecule has 0 radical (unpaired) electrons. The van der Waals surface area contributed by atoms with Gasteiger partial charge in [-0.15, -0.1) is 0 Å². The van der Waals surface area contributed by atoms with Crippen molar-refractivity contribution in [1.82, 2.24) is 0 Å². The number of esters is 1. The van der Waals surface area contributed by atoms with E-state index >= 15 is 0 Å². The summed E-state index contributed by atoms with van der Waals surface area (Å²) in [6.07, 6.45) is 0.996. The van der Waals surface area contributed by atoms with Gasteiger partial charge in [0, 0.05) is 12.2 Å². The Morgan fingerprint density at radius 1 is 1.58 bits per heavy atom. The van der Waals surface area contributed by atoms with Crippen molar-refractivity contribution in [3.05, 3.63) is 23.8 Å². The van der Waals surface area contributed by atoms with Gasteiger partial charge in [0.05, 0.1) is 31.0 Å². The van der Waals surface area contributed by atoms with Gasteiger partial charge in [-0.05, 0) is 30.5 Å².